The number of allylic oxidation sites excluding steroid dienone is 3. The Morgan fingerprint density at radius 3 is 2.44 bits per heavy atom. The fraction of sp³-hybridized carbons (Fsp3) is 0.667. The van der Waals surface area contributed by atoms with E-state index in [1.807, 2.05) is 6.08 Å². The Morgan fingerprint density at radius 1 is 1.06 bits per heavy atom. The van der Waals surface area contributed by atoms with Gasteiger partial charge < -0.3 is 9.80 Å². The van der Waals surface area contributed by atoms with Crippen molar-refractivity contribution in [3.63, 3.8) is 0 Å². The van der Waals surface area contributed by atoms with Gasteiger partial charge in [-0.2, -0.15) is 0 Å². The van der Waals surface area contributed by atoms with Crippen molar-refractivity contribution in [1.82, 2.24) is 9.80 Å². The summed E-state index contributed by atoms with van der Waals surface area (Å²) in [5.41, 5.74) is 1.26. The molecule has 3 aliphatic rings. The first-order valence-corrected chi connectivity index (χ1v) is 7.61. The number of piperidine rings is 1. The second-order valence-electron chi connectivity index (χ2n) is 5.54. The van der Waals surface area contributed by atoms with Crippen molar-refractivity contribution in [2.24, 2.45) is 0 Å². The molecule has 0 aromatic rings. The molecule has 0 unspecified atom stereocenters. The van der Waals surface area contributed by atoms with Gasteiger partial charge in [-0.1, -0.05) is 23.8 Å². The molecule has 99 valence electrons. The summed E-state index contributed by atoms with van der Waals surface area (Å²) >= 11 is 6.29. The summed E-state index contributed by atoms with van der Waals surface area (Å²) in [5.74, 6) is 0. The lowest BCUT2D eigenvalue weighted by Crippen LogP contribution is -2.43. The SMILES string of the molecule is ClC1=C[CH]CC=C1N1CCC(N2CCCC2)CC1. The molecule has 3 heteroatoms. The van der Waals surface area contributed by atoms with Gasteiger partial charge in [0, 0.05) is 19.1 Å². The van der Waals surface area contributed by atoms with Crippen molar-refractivity contribution in [3.8, 4) is 0 Å². The van der Waals surface area contributed by atoms with Crippen molar-refractivity contribution in [3.05, 3.63) is 29.3 Å². The van der Waals surface area contributed by atoms with Crippen LogP contribution in [0.4, 0.5) is 0 Å². The molecule has 3 rings (SSSR count). The van der Waals surface area contributed by atoms with E-state index in [9.17, 15) is 0 Å². The van der Waals surface area contributed by atoms with E-state index < -0.39 is 0 Å². The molecule has 1 radical (unpaired) electrons. The van der Waals surface area contributed by atoms with Crippen molar-refractivity contribution in [1.29, 1.82) is 0 Å². The minimum atomic E-state index is 0.822. The Balaban J connectivity index is 1.56. The Labute approximate surface area is 115 Å². The minimum Gasteiger partial charge on any atom is -0.370 e. The highest BCUT2D eigenvalue weighted by atomic mass is 35.5. The molecule has 0 saturated carbocycles. The summed E-state index contributed by atoms with van der Waals surface area (Å²) in [6.45, 7) is 4.97. The maximum Gasteiger partial charge on any atom is 0.0599 e. The predicted molar refractivity (Wildman–Crippen MR) is 76.3 cm³/mol. The summed E-state index contributed by atoms with van der Waals surface area (Å²) in [7, 11) is 0. The van der Waals surface area contributed by atoms with Crippen LogP contribution in [0.5, 0.6) is 0 Å². The summed E-state index contributed by atoms with van der Waals surface area (Å²) in [5, 5.41) is 0.917. The zero-order valence-electron chi connectivity index (χ0n) is 10.9. The maximum absolute atomic E-state index is 6.29. The molecule has 2 aliphatic heterocycles. The fourth-order valence-electron chi connectivity index (χ4n) is 3.39. The van der Waals surface area contributed by atoms with Crippen LogP contribution in [0.3, 0.4) is 0 Å². The largest absolute Gasteiger partial charge is 0.370 e. The van der Waals surface area contributed by atoms with E-state index in [2.05, 4.69) is 22.3 Å². The Kier molecular flexibility index (Phi) is 3.95. The van der Waals surface area contributed by atoms with Crippen LogP contribution in [0.15, 0.2) is 22.9 Å². The summed E-state index contributed by atoms with van der Waals surface area (Å²) in [4.78, 5) is 5.16. The lowest BCUT2D eigenvalue weighted by atomic mass is 10.0. The molecular weight excluding hydrogens is 244 g/mol. The van der Waals surface area contributed by atoms with Crippen LogP contribution < -0.4 is 0 Å². The van der Waals surface area contributed by atoms with Crippen molar-refractivity contribution < 1.29 is 0 Å². The first kappa shape index (κ1) is 12.6. The fourth-order valence-corrected chi connectivity index (χ4v) is 3.68. The molecular formula is C15H22ClN2. The zero-order valence-corrected chi connectivity index (χ0v) is 11.7. The van der Waals surface area contributed by atoms with Crippen LogP contribution in [0, 0.1) is 6.42 Å². The standard InChI is InChI=1S/C15H22ClN2/c16-14-5-1-2-6-15(14)18-11-7-13(8-12-18)17-9-3-4-10-17/h1,5-6,13H,2-4,7-12H2. The van der Waals surface area contributed by atoms with Crippen LogP contribution in [0.25, 0.3) is 0 Å². The highest BCUT2D eigenvalue weighted by Crippen LogP contribution is 2.29. The average molecular weight is 266 g/mol. The predicted octanol–water partition coefficient (Wildman–Crippen LogP) is 3.16. The van der Waals surface area contributed by atoms with E-state index in [0.717, 1.165) is 30.6 Å². The summed E-state index contributed by atoms with van der Waals surface area (Å²) < 4.78 is 0. The Hall–Kier alpha value is -0.470. The molecule has 0 aromatic heterocycles. The lowest BCUT2D eigenvalue weighted by Gasteiger charge is -2.39. The van der Waals surface area contributed by atoms with Gasteiger partial charge >= 0.3 is 0 Å². The number of halogens is 1. The average Bonchev–Trinajstić information content (AvgIpc) is 2.94. The molecule has 0 aromatic carbocycles. The number of nitrogens with zero attached hydrogens (tertiary/aromatic N) is 2. The van der Waals surface area contributed by atoms with E-state index in [-0.39, 0.29) is 0 Å². The number of likely N-dealkylation sites (tertiary alicyclic amines) is 2. The third-order valence-electron chi connectivity index (χ3n) is 4.42. The topological polar surface area (TPSA) is 6.48 Å². The number of hydrogen-bond donors (Lipinski definition) is 0. The van der Waals surface area contributed by atoms with Crippen molar-refractivity contribution in [2.75, 3.05) is 26.2 Å². The Bertz CT molecular complexity index is 348. The van der Waals surface area contributed by atoms with Gasteiger partial charge in [-0.3, -0.25) is 0 Å². The molecule has 2 fully saturated rings. The normalized spacial score (nSPS) is 27.3. The van der Waals surface area contributed by atoms with Gasteiger partial charge in [0.05, 0.1) is 10.7 Å². The summed E-state index contributed by atoms with van der Waals surface area (Å²) in [6.07, 6.45) is 12.9. The van der Waals surface area contributed by atoms with Gasteiger partial charge in [-0.15, -0.1) is 0 Å². The molecule has 18 heavy (non-hydrogen) atoms. The molecule has 0 atom stereocenters. The molecule has 1 aliphatic carbocycles. The molecule has 0 N–H and O–H groups in total. The first-order chi connectivity index (χ1) is 8.84. The molecule has 0 amide bonds. The minimum absolute atomic E-state index is 0.822. The highest BCUT2D eigenvalue weighted by molar-refractivity contribution is 6.32. The number of rotatable bonds is 2. The summed E-state index contributed by atoms with van der Waals surface area (Å²) in [6, 6.07) is 0.822. The van der Waals surface area contributed by atoms with Gasteiger partial charge in [0.25, 0.3) is 0 Å². The van der Waals surface area contributed by atoms with E-state index in [0.29, 0.717) is 0 Å². The monoisotopic (exact) mass is 265 g/mol. The van der Waals surface area contributed by atoms with E-state index >= 15 is 0 Å². The first-order valence-electron chi connectivity index (χ1n) is 7.23. The second-order valence-corrected chi connectivity index (χ2v) is 5.94. The van der Waals surface area contributed by atoms with Gasteiger partial charge in [-0.05, 0) is 51.6 Å². The lowest BCUT2D eigenvalue weighted by molar-refractivity contribution is 0.149. The molecule has 2 saturated heterocycles. The maximum atomic E-state index is 6.29. The molecule has 0 spiro atoms. The third-order valence-corrected chi connectivity index (χ3v) is 4.74. The second kappa shape index (κ2) is 5.66. The van der Waals surface area contributed by atoms with Crippen LogP contribution in [0.1, 0.15) is 32.1 Å². The van der Waals surface area contributed by atoms with Gasteiger partial charge in [-0.25, -0.2) is 0 Å². The third kappa shape index (κ3) is 2.60. The van der Waals surface area contributed by atoms with Crippen molar-refractivity contribution >= 4 is 11.6 Å². The molecule has 2 nitrogen and oxygen atoms in total. The van der Waals surface area contributed by atoms with Crippen LogP contribution in [-0.2, 0) is 0 Å². The van der Waals surface area contributed by atoms with Gasteiger partial charge in [0.15, 0.2) is 0 Å². The van der Waals surface area contributed by atoms with Crippen LogP contribution >= 0.6 is 11.6 Å². The highest BCUT2D eigenvalue weighted by Gasteiger charge is 2.27. The van der Waals surface area contributed by atoms with Crippen LogP contribution in [0.2, 0.25) is 0 Å². The molecule has 2 heterocycles. The zero-order chi connectivity index (χ0) is 12.4. The number of hydrogen-bond acceptors (Lipinski definition) is 2. The van der Waals surface area contributed by atoms with E-state index in [1.165, 1.54) is 44.5 Å². The quantitative estimate of drug-likeness (QED) is 0.757. The van der Waals surface area contributed by atoms with E-state index in [4.69, 9.17) is 11.6 Å². The molecule has 0 bridgehead atoms. The van der Waals surface area contributed by atoms with Crippen molar-refractivity contribution in [2.45, 2.75) is 38.1 Å². The smallest absolute Gasteiger partial charge is 0.0599 e. The van der Waals surface area contributed by atoms with Gasteiger partial charge in [0.2, 0.25) is 0 Å². The Morgan fingerprint density at radius 2 is 1.78 bits per heavy atom. The van der Waals surface area contributed by atoms with E-state index in [1.54, 1.807) is 0 Å². The van der Waals surface area contributed by atoms with Gasteiger partial charge in [0.1, 0.15) is 0 Å². The van der Waals surface area contributed by atoms with Crippen LogP contribution in [-0.4, -0.2) is 42.0 Å².